The molecule has 18 heavy (non-hydrogen) atoms. The van der Waals surface area contributed by atoms with Crippen molar-refractivity contribution < 1.29 is 5.21 Å². The molecule has 0 fully saturated rings. The number of nitrogens with zero attached hydrogens (tertiary/aromatic N) is 1. The molecule has 0 saturated heterocycles. The van der Waals surface area contributed by atoms with Gasteiger partial charge in [-0.05, 0) is 44.0 Å². The fourth-order valence-electron chi connectivity index (χ4n) is 1.69. The van der Waals surface area contributed by atoms with Gasteiger partial charge in [0.15, 0.2) is 0 Å². The van der Waals surface area contributed by atoms with Gasteiger partial charge in [-0.1, -0.05) is 28.9 Å². The van der Waals surface area contributed by atoms with Gasteiger partial charge in [-0.3, -0.25) is 0 Å². The predicted molar refractivity (Wildman–Crippen MR) is 75.1 cm³/mol. The van der Waals surface area contributed by atoms with E-state index in [0.29, 0.717) is 6.42 Å². The van der Waals surface area contributed by atoms with E-state index < -0.39 is 0 Å². The molecule has 0 unspecified atom stereocenters. The molecule has 100 valence electrons. The zero-order valence-corrected chi connectivity index (χ0v) is 11.3. The summed E-state index contributed by atoms with van der Waals surface area (Å²) in [5.41, 5.74) is 6.57. The molecule has 0 aliphatic carbocycles. The van der Waals surface area contributed by atoms with Crippen LogP contribution in [0.2, 0.25) is 5.02 Å². The molecular weight excluding hydrogens is 250 g/mol. The fourth-order valence-corrected chi connectivity index (χ4v) is 1.89. The molecule has 0 saturated carbocycles. The number of amidine groups is 1. The number of hydrogen-bond acceptors (Lipinski definition) is 3. The van der Waals surface area contributed by atoms with E-state index in [1.807, 2.05) is 18.2 Å². The number of unbranched alkanes of at least 4 members (excludes halogenated alkanes) is 1. The minimum atomic E-state index is 0.271. The Bertz CT molecular complexity index is 396. The van der Waals surface area contributed by atoms with E-state index in [4.69, 9.17) is 22.5 Å². The second-order valence-electron chi connectivity index (χ2n) is 4.28. The van der Waals surface area contributed by atoms with Crippen molar-refractivity contribution >= 4 is 17.4 Å². The van der Waals surface area contributed by atoms with Gasteiger partial charge in [-0.2, -0.15) is 0 Å². The number of benzene rings is 1. The maximum atomic E-state index is 8.39. The first-order valence-electron chi connectivity index (χ1n) is 6.08. The van der Waals surface area contributed by atoms with Crippen molar-refractivity contribution in [3.8, 4) is 0 Å². The Morgan fingerprint density at radius 2 is 2.28 bits per heavy atom. The van der Waals surface area contributed by atoms with Crippen LogP contribution in [0.3, 0.4) is 0 Å². The Balaban J connectivity index is 2.23. The van der Waals surface area contributed by atoms with Crippen LogP contribution >= 0.6 is 11.6 Å². The maximum Gasteiger partial charge on any atom is 0.139 e. The number of nitrogens with one attached hydrogen (secondary N) is 1. The lowest BCUT2D eigenvalue weighted by atomic mass is 10.1. The highest BCUT2D eigenvalue weighted by atomic mass is 35.5. The van der Waals surface area contributed by atoms with Crippen molar-refractivity contribution in [2.45, 2.75) is 32.2 Å². The number of halogens is 1. The van der Waals surface area contributed by atoms with Crippen molar-refractivity contribution in [1.29, 1.82) is 0 Å². The third-order valence-electron chi connectivity index (χ3n) is 2.79. The first-order valence-corrected chi connectivity index (χ1v) is 6.46. The van der Waals surface area contributed by atoms with Gasteiger partial charge < -0.3 is 16.3 Å². The molecule has 5 heteroatoms. The second kappa shape index (κ2) is 7.95. The van der Waals surface area contributed by atoms with Gasteiger partial charge in [0.2, 0.25) is 0 Å². The van der Waals surface area contributed by atoms with E-state index in [1.54, 1.807) is 0 Å². The quantitative estimate of drug-likeness (QED) is 0.234. The van der Waals surface area contributed by atoms with Gasteiger partial charge in [0.05, 0.1) is 0 Å². The molecule has 0 amide bonds. The molecule has 1 aromatic carbocycles. The molecule has 1 rings (SSSR count). The largest absolute Gasteiger partial charge is 0.409 e. The topological polar surface area (TPSA) is 70.6 Å². The van der Waals surface area contributed by atoms with Crippen LogP contribution in [0, 0.1) is 0 Å². The summed E-state index contributed by atoms with van der Waals surface area (Å²) in [6, 6.07) is 8.12. The maximum absolute atomic E-state index is 8.39. The highest BCUT2D eigenvalue weighted by molar-refractivity contribution is 6.30. The summed E-state index contributed by atoms with van der Waals surface area (Å²) in [5.74, 6) is 0.290. The number of rotatable bonds is 7. The monoisotopic (exact) mass is 269 g/mol. The molecule has 0 bridgehead atoms. The van der Waals surface area contributed by atoms with Crippen molar-refractivity contribution in [3.63, 3.8) is 0 Å². The van der Waals surface area contributed by atoms with Crippen molar-refractivity contribution in [2.75, 3.05) is 6.54 Å². The van der Waals surface area contributed by atoms with Gasteiger partial charge in [-0.15, -0.1) is 0 Å². The Morgan fingerprint density at radius 1 is 1.50 bits per heavy atom. The lowest BCUT2D eigenvalue weighted by Crippen LogP contribution is -2.20. The van der Waals surface area contributed by atoms with E-state index in [1.165, 1.54) is 5.56 Å². The van der Waals surface area contributed by atoms with E-state index in [2.05, 4.69) is 23.5 Å². The van der Waals surface area contributed by atoms with Gasteiger partial charge in [0.1, 0.15) is 5.84 Å². The third kappa shape index (κ3) is 5.38. The second-order valence-corrected chi connectivity index (χ2v) is 4.72. The first kappa shape index (κ1) is 14.8. The molecule has 0 spiro atoms. The van der Waals surface area contributed by atoms with E-state index >= 15 is 0 Å². The highest BCUT2D eigenvalue weighted by Gasteiger charge is 2.04. The summed E-state index contributed by atoms with van der Waals surface area (Å²) < 4.78 is 0. The lowest BCUT2D eigenvalue weighted by molar-refractivity contribution is 0.316. The Morgan fingerprint density at radius 3 is 2.94 bits per heavy atom. The van der Waals surface area contributed by atoms with Crippen LogP contribution in [0.25, 0.3) is 0 Å². The first-order chi connectivity index (χ1) is 8.63. The van der Waals surface area contributed by atoms with Crippen LogP contribution in [0.4, 0.5) is 0 Å². The minimum Gasteiger partial charge on any atom is -0.409 e. The third-order valence-corrected chi connectivity index (χ3v) is 3.02. The SMILES string of the molecule is C[C@H](NCCCC/C(N)=N/O)c1cccc(Cl)c1. The molecule has 0 radical (unpaired) electrons. The van der Waals surface area contributed by atoms with Crippen molar-refractivity contribution in [2.24, 2.45) is 10.9 Å². The molecular formula is C13H20ClN3O. The molecule has 1 aromatic rings. The summed E-state index contributed by atoms with van der Waals surface area (Å²) in [6.07, 6.45) is 2.52. The summed E-state index contributed by atoms with van der Waals surface area (Å²) in [7, 11) is 0. The number of hydrogen-bond donors (Lipinski definition) is 3. The molecule has 1 atom stereocenters. The molecule has 4 N–H and O–H groups in total. The fraction of sp³-hybridized carbons (Fsp3) is 0.462. The summed E-state index contributed by atoms with van der Waals surface area (Å²) in [4.78, 5) is 0. The zero-order valence-electron chi connectivity index (χ0n) is 10.6. The zero-order chi connectivity index (χ0) is 13.4. The molecule has 0 aliphatic heterocycles. The van der Waals surface area contributed by atoms with E-state index in [0.717, 1.165) is 24.4 Å². The van der Waals surface area contributed by atoms with Gasteiger partial charge in [0.25, 0.3) is 0 Å². The van der Waals surface area contributed by atoms with E-state index in [9.17, 15) is 0 Å². The van der Waals surface area contributed by atoms with Crippen LogP contribution in [-0.2, 0) is 0 Å². The van der Waals surface area contributed by atoms with Gasteiger partial charge >= 0.3 is 0 Å². The molecule has 0 aliphatic rings. The van der Waals surface area contributed by atoms with Crippen LogP contribution in [0.15, 0.2) is 29.4 Å². The van der Waals surface area contributed by atoms with Crippen molar-refractivity contribution in [1.82, 2.24) is 5.32 Å². The smallest absolute Gasteiger partial charge is 0.139 e. The van der Waals surface area contributed by atoms with Gasteiger partial charge in [0, 0.05) is 17.5 Å². The molecule has 0 heterocycles. The summed E-state index contributed by atoms with van der Waals surface area (Å²) in [5, 5.41) is 15.5. The van der Waals surface area contributed by atoms with E-state index in [-0.39, 0.29) is 11.9 Å². The average Bonchev–Trinajstić information content (AvgIpc) is 2.37. The van der Waals surface area contributed by atoms with Gasteiger partial charge in [-0.25, -0.2) is 0 Å². The normalized spacial score (nSPS) is 13.6. The number of oxime groups is 1. The standard InChI is InChI=1S/C13H20ClN3O/c1-10(11-5-4-6-12(14)9-11)16-8-3-2-7-13(15)17-18/h4-6,9-10,16,18H,2-3,7-8H2,1H3,(H2,15,17)/t10-/m0/s1. The highest BCUT2D eigenvalue weighted by Crippen LogP contribution is 2.17. The average molecular weight is 270 g/mol. The van der Waals surface area contributed by atoms with Crippen LogP contribution in [0.1, 0.15) is 37.8 Å². The molecule has 0 aromatic heterocycles. The summed E-state index contributed by atoms with van der Waals surface area (Å²) >= 11 is 5.94. The van der Waals surface area contributed by atoms with Crippen LogP contribution in [0.5, 0.6) is 0 Å². The minimum absolute atomic E-state index is 0.271. The Kier molecular flexibility index (Phi) is 6.54. The Hall–Kier alpha value is -1.26. The van der Waals surface area contributed by atoms with Crippen molar-refractivity contribution in [3.05, 3.63) is 34.9 Å². The number of nitrogens with two attached hydrogens (primary N) is 1. The van der Waals surface area contributed by atoms with Crippen LogP contribution in [-0.4, -0.2) is 17.6 Å². The molecule has 4 nitrogen and oxygen atoms in total. The lowest BCUT2D eigenvalue weighted by Gasteiger charge is -2.14. The summed E-state index contributed by atoms with van der Waals surface area (Å²) in [6.45, 7) is 3.00. The van der Waals surface area contributed by atoms with Crippen LogP contribution < -0.4 is 11.1 Å². The Labute approximate surface area is 113 Å². The predicted octanol–water partition coefficient (Wildman–Crippen LogP) is 2.91.